The number of carbonyl (C=O) groups is 1. The molecule has 138 valence electrons. The standard InChI is InChI=1S/C16H13ClN6O3S/c1-10(15(24)18-14-9-12(23(25)26)7-8-13(14)17)27-16-19-20-21-22(16)11-5-3-2-4-6-11/h2-10H,1H3,(H,18,24)/t10-/m1/s1. The molecule has 2 aromatic carbocycles. The second kappa shape index (κ2) is 8.14. The van der Waals surface area contributed by atoms with Crippen LogP contribution in [0.1, 0.15) is 6.92 Å². The molecule has 0 bridgehead atoms. The summed E-state index contributed by atoms with van der Waals surface area (Å²) < 4.78 is 1.52. The van der Waals surface area contributed by atoms with Crippen molar-refractivity contribution in [1.29, 1.82) is 0 Å². The van der Waals surface area contributed by atoms with Crippen molar-refractivity contribution in [2.45, 2.75) is 17.3 Å². The van der Waals surface area contributed by atoms with Gasteiger partial charge in [-0.1, -0.05) is 41.6 Å². The number of carbonyl (C=O) groups excluding carboxylic acids is 1. The van der Waals surface area contributed by atoms with E-state index < -0.39 is 10.2 Å². The highest BCUT2D eigenvalue weighted by atomic mass is 35.5. The summed E-state index contributed by atoms with van der Waals surface area (Å²) in [5.74, 6) is -0.384. The Morgan fingerprint density at radius 2 is 2.04 bits per heavy atom. The Labute approximate surface area is 162 Å². The fourth-order valence-electron chi connectivity index (χ4n) is 2.15. The molecular formula is C16H13ClN6O3S. The predicted molar refractivity (Wildman–Crippen MR) is 101 cm³/mol. The number of nitro groups is 1. The number of halogens is 1. The van der Waals surface area contributed by atoms with Gasteiger partial charge in [0.25, 0.3) is 5.69 Å². The maximum absolute atomic E-state index is 12.5. The summed E-state index contributed by atoms with van der Waals surface area (Å²) >= 11 is 7.17. The molecule has 1 amide bonds. The van der Waals surface area contributed by atoms with Crippen molar-refractivity contribution in [3.05, 3.63) is 63.7 Å². The van der Waals surface area contributed by atoms with Gasteiger partial charge in [-0.15, -0.1) is 5.10 Å². The minimum absolute atomic E-state index is 0.164. The first-order valence-electron chi connectivity index (χ1n) is 7.71. The largest absolute Gasteiger partial charge is 0.324 e. The first-order chi connectivity index (χ1) is 13.0. The average Bonchev–Trinajstić information content (AvgIpc) is 3.12. The van der Waals surface area contributed by atoms with E-state index in [9.17, 15) is 14.9 Å². The Morgan fingerprint density at radius 1 is 1.30 bits per heavy atom. The molecule has 1 aromatic heterocycles. The van der Waals surface area contributed by atoms with Crippen LogP contribution < -0.4 is 5.32 Å². The molecule has 0 radical (unpaired) electrons. The lowest BCUT2D eigenvalue weighted by Gasteiger charge is -2.12. The molecule has 0 unspecified atom stereocenters. The van der Waals surface area contributed by atoms with Gasteiger partial charge in [0.05, 0.1) is 26.6 Å². The van der Waals surface area contributed by atoms with Gasteiger partial charge in [0.15, 0.2) is 0 Å². The number of amides is 1. The fourth-order valence-corrected chi connectivity index (χ4v) is 3.12. The second-order valence-corrected chi connectivity index (χ2v) is 7.09. The lowest BCUT2D eigenvalue weighted by Crippen LogP contribution is -2.23. The third kappa shape index (κ3) is 4.41. The maximum atomic E-state index is 12.5. The number of benzene rings is 2. The molecule has 0 aliphatic heterocycles. The lowest BCUT2D eigenvalue weighted by molar-refractivity contribution is -0.384. The van der Waals surface area contributed by atoms with E-state index in [4.69, 9.17) is 11.6 Å². The van der Waals surface area contributed by atoms with Crippen molar-refractivity contribution in [3.8, 4) is 5.69 Å². The molecule has 3 rings (SSSR count). The molecule has 0 aliphatic rings. The number of anilines is 1. The summed E-state index contributed by atoms with van der Waals surface area (Å²) in [6.45, 7) is 1.68. The molecular weight excluding hydrogens is 392 g/mol. The summed E-state index contributed by atoms with van der Waals surface area (Å²) in [6.07, 6.45) is 0. The van der Waals surface area contributed by atoms with Gasteiger partial charge in [-0.05, 0) is 35.5 Å². The number of aromatic nitrogens is 4. The van der Waals surface area contributed by atoms with Gasteiger partial charge in [-0.25, -0.2) is 0 Å². The Kier molecular flexibility index (Phi) is 5.67. The van der Waals surface area contributed by atoms with E-state index in [2.05, 4.69) is 20.8 Å². The zero-order valence-electron chi connectivity index (χ0n) is 13.9. The van der Waals surface area contributed by atoms with Crippen molar-refractivity contribution < 1.29 is 9.72 Å². The number of tetrazole rings is 1. The smallest absolute Gasteiger partial charge is 0.271 e. The van der Waals surface area contributed by atoms with E-state index in [1.165, 1.54) is 22.9 Å². The maximum Gasteiger partial charge on any atom is 0.271 e. The predicted octanol–water partition coefficient (Wildman–Crippen LogP) is 3.34. The molecule has 1 heterocycles. The third-order valence-corrected chi connectivity index (χ3v) is 4.87. The van der Waals surface area contributed by atoms with Crippen molar-refractivity contribution in [2.24, 2.45) is 0 Å². The topological polar surface area (TPSA) is 116 Å². The van der Waals surface area contributed by atoms with Gasteiger partial charge in [0.2, 0.25) is 11.1 Å². The van der Waals surface area contributed by atoms with Gasteiger partial charge < -0.3 is 5.32 Å². The summed E-state index contributed by atoms with van der Waals surface area (Å²) in [5, 5.41) is 25.1. The molecule has 0 spiro atoms. The monoisotopic (exact) mass is 404 g/mol. The number of nitrogens with one attached hydrogen (secondary N) is 1. The van der Waals surface area contributed by atoms with Crippen molar-refractivity contribution in [3.63, 3.8) is 0 Å². The zero-order valence-corrected chi connectivity index (χ0v) is 15.5. The van der Waals surface area contributed by atoms with E-state index >= 15 is 0 Å². The molecule has 1 N–H and O–H groups in total. The number of para-hydroxylation sites is 1. The van der Waals surface area contributed by atoms with E-state index in [1.807, 2.05) is 30.3 Å². The number of hydrogen-bond acceptors (Lipinski definition) is 7. The Bertz CT molecular complexity index is 981. The van der Waals surface area contributed by atoms with E-state index in [0.717, 1.165) is 17.4 Å². The normalized spacial score (nSPS) is 11.8. The fraction of sp³-hybridized carbons (Fsp3) is 0.125. The van der Waals surface area contributed by atoms with Gasteiger partial charge in [0.1, 0.15) is 0 Å². The van der Waals surface area contributed by atoms with Crippen LogP contribution in [0.4, 0.5) is 11.4 Å². The summed E-state index contributed by atoms with van der Waals surface area (Å²) in [6, 6.07) is 13.1. The number of hydrogen-bond donors (Lipinski definition) is 1. The SMILES string of the molecule is C[C@@H](Sc1nnnn1-c1ccccc1)C(=O)Nc1cc([N+](=O)[O-])ccc1Cl. The van der Waals surface area contributed by atoms with Crippen molar-refractivity contribution >= 4 is 40.6 Å². The van der Waals surface area contributed by atoms with Gasteiger partial charge in [-0.2, -0.15) is 4.68 Å². The lowest BCUT2D eigenvalue weighted by atomic mass is 10.2. The third-order valence-electron chi connectivity index (χ3n) is 3.51. The van der Waals surface area contributed by atoms with Crippen LogP contribution in [-0.4, -0.2) is 36.3 Å². The molecule has 3 aromatic rings. The number of non-ortho nitro benzene ring substituents is 1. The number of nitrogens with zero attached hydrogens (tertiary/aromatic N) is 5. The first-order valence-corrected chi connectivity index (χ1v) is 8.96. The van der Waals surface area contributed by atoms with Gasteiger partial charge >= 0.3 is 0 Å². The first kappa shape index (κ1) is 18.8. The molecule has 11 heteroatoms. The Hall–Kier alpha value is -2.98. The summed E-state index contributed by atoms with van der Waals surface area (Å²) in [5.41, 5.74) is 0.772. The summed E-state index contributed by atoms with van der Waals surface area (Å²) in [7, 11) is 0. The number of thioether (sulfide) groups is 1. The number of rotatable bonds is 6. The van der Waals surface area contributed by atoms with E-state index in [0.29, 0.717) is 5.16 Å². The molecule has 1 atom stereocenters. The van der Waals surface area contributed by atoms with Crippen LogP contribution in [0.5, 0.6) is 0 Å². The van der Waals surface area contributed by atoms with E-state index in [1.54, 1.807) is 6.92 Å². The minimum atomic E-state index is -0.575. The van der Waals surface area contributed by atoms with E-state index in [-0.39, 0.29) is 22.3 Å². The Morgan fingerprint density at radius 3 is 2.74 bits per heavy atom. The van der Waals surface area contributed by atoms with Crippen LogP contribution in [0, 0.1) is 10.1 Å². The van der Waals surface area contributed by atoms with Crippen LogP contribution in [0.15, 0.2) is 53.7 Å². The molecule has 0 saturated heterocycles. The molecule has 27 heavy (non-hydrogen) atoms. The molecule has 0 aliphatic carbocycles. The van der Waals surface area contributed by atoms with Crippen molar-refractivity contribution in [2.75, 3.05) is 5.32 Å². The zero-order chi connectivity index (χ0) is 19.4. The average molecular weight is 405 g/mol. The highest BCUT2D eigenvalue weighted by Gasteiger charge is 2.21. The van der Waals surface area contributed by atoms with Crippen LogP contribution in [0.25, 0.3) is 5.69 Å². The van der Waals surface area contributed by atoms with Gasteiger partial charge in [-0.3, -0.25) is 14.9 Å². The van der Waals surface area contributed by atoms with Crippen LogP contribution in [0.3, 0.4) is 0 Å². The molecule has 0 saturated carbocycles. The molecule has 9 nitrogen and oxygen atoms in total. The van der Waals surface area contributed by atoms with Crippen LogP contribution in [-0.2, 0) is 4.79 Å². The van der Waals surface area contributed by atoms with Crippen LogP contribution >= 0.6 is 23.4 Å². The quantitative estimate of drug-likeness (QED) is 0.380. The van der Waals surface area contributed by atoms with Crippen LogP contribution in [0.2, 0.25) is 5.02 Å². The minimum Gasteiger partial charge on any atom is -0.324 e. The summed E-state index contributed by atoms with van der Waals surface area (Å²) in [4.78, 5) is 22.8. The Balaban J connectivity index is 1.74. The highest BCUT2D eigenvalue weighted by Crippen LogP contribution is 2.28. The second-order valence-electron chi connectivity index (χ2n) is 5.38. The highest BCUT2D eigenvalue weighted by molar-refractivity contribution is 8.00. The molecule has 0 fully saturated rings. The van der Waals surface area contributed by atoms with Crippen molar-refractivity contribution in [1.82, 2.24) is 20.2 Å². The van der Waals surface area contributed by atoms with Gasteiger partial charge in [0, 0.05) is 12.1 Å². The number of nitro benzene ring substituents is 1.